The van der Waals surface area contributed by atoms with Crippen molar-refractivity contribution in [2.45, 2.75) is 58.6 Å². The zero-order valence-corrected chi connectivity index (χ0v) is 13.3. The van der Waals surface area contributed by atoms with Crippen LogP contribution >= 0.6 is 0 Å². The van der Waals surface area contributed by atoms with Crippen LogP contribution in [-0.2, 0) is 11.2 Å². The van der Waals surface area contributed by atoms with E-state index in [2.05, 4.69) is 6.92 Å². The van der Waals surface area contributed by atoms with Crippen molar-refractivity contribution in [2.24, 2.45) is 0 Å². The Morgan fingerprint density at radius 2 is 2.14 bits per heavy atom. The summed E-state index contributed by atoms with van der Waals surface area (Å²) >= 11 is 0. The SMILES string of the molecule is CCCC1c2ccc(O)cc2CCN1C(=O)OC(C)(C)C. The van der Waals surface area contributed by atoms with E-state index in [0.29, 0.717) is 6.54 Å². The maximum Gasteiger partial charge on any atom is 0.410 e. The smallest absolute Gasteiger partial charge is 0.410 e. The van der Waals surface area contributed by atoms with Crippen molar-refractivity contribution < 1.29 is 14.6 Å². The molecule has 1 heterocycles. The molecule has 21 heavy (non-hydrogen) atoms. The van der Waals surface area contributed by atoms with Crippen LogP contribution in [0.15, 0.2) is 18.2 Å². The number of ether oxygens (including phenoxy) is 1. The molecule has 0 fully saturated rings. The van der Waals surface area contributed by atoms with Crippen LogP contribution in [0.5, 0.6) is 5.75 Å². The normalized spacial score (nSPS) is 18.3. The number of aromatic hydroxyl groups is 1. The van der Waals surface area contributed by atoms with Crippen LogP contribution in [0.3, 0.4) is 0 Å². The maximum absolute atomic E-state index is 12.4. The van der Waals surface area contributed by atoms with Gasteiger partial charge in [0.2, 0.25) is 0 Å². The van der Waals surface area contributed by atoms with Gasteiger partial charge in [0.05, 0.1) is 6.04 Å². The predicted octanol–water partition coefficient (Wildman–Crippen LogP) is 4.03. The van der Waals surface area contributed by atoms with Gasteiger partial charge < -0.3 is 14.7 Å². The second-order valence-electron chi connectivity index (χ2n) is 6.61. The number of phenols is 1. The van der Waals surface area contributed by atoms with E-state index in [1.54, 1.807) is 6.07 Å². The fourth-order valence-corrected chi connectivity index (χ4v) is 2.82. The van der Waals surface area contributed by atoms with Crippen molar-refractivity contribution in [1.82, 2.24) is 4.90 Å². The number of amides is 1. The van der Waals surface area contributed by atoms with Gasteiger partial charge >= 0.3 is 6.09 Å². The van der Waals surface area contributed by atoms with Gasteiger partial charge in [0, 0.05) is 6.54 Å². The minimum Gasteiger partial charge on any atom is -0.508 e. The monoisotopic (exact) mass is 291 g/mol. The summed E-state index contributed by atoms with van der Waals surface area (Å²) in [6.07, 6.45) is 2.39. The molecule has 0 radical (unpaired) electrons. The molecule has 1 aliphatic heterocycles. The number of carbonyl (C=O) groups excluding carboxylic acids is 1. The molecule has 4 nitrogen and oxygen atoms in total. The van der Waals surface area contributed by atoms with Crippen molar-refractivity contribution >= 4 is 6.09 Å². The van der Waals surface area contributed by atoms with E-state index < -0.39 is 5.60 Å². The van der Waals surface area contributed by atoms with Crippen molar-refractivity contribution in [3.05, 3.63) is 29.3 Å². The third kappa shape index (κ3) is 3.69. The molecule has 1 aromatic carbocycles. The Balaban J connectivity index is 2.27. The molecule has 0 spiro atoms. The predicted molar refractivity (Wildman–Crippen MR) is 82.4 cm³/mol. The Morgan fingerprint density at radius 3 is 2.76 bits per heavy atom. The molecule has 2 rings (SSSR count). The minimum atomic E-state index is -0.483. The van der Waals surface area contributed by atoms with Gasteiger partial charge in [-0.1, -0.05) is 19.4 Å². The molecular weight excluding hydrogens is 266 g/mol. The third-order valence-corrected chi connectivity index (χ3v) is 3.67. The largest absolute Gasteiger partial charge is 0.508 e. The van der Waals surface area contributed by atoms with Crippen LogP contribution in [0.4, 0.5) is 4.79 Å². The molecule has 1 unspecified atom stereocenters. The second kappa shape index (κ2) is 5.96. The number of hydrogen-bond acceptors (Lipinski definition) is 3. The number of rotatable bonds is 2. The summed E-state index contributed by atoms with van der Waals surface area (Å²) in [5.41, 5.74) is 1.78. The number of carbonyl (C=O) groups is 1. The van der Waals surface area contributed by atoms with Gasteiger partial charge in [-0.15, -0.1) is 0 Å². The molecule has 0 saturated carbocycles. The number of nitrogens with zero attached hydrogens (tertiary/aromatic N) is 1. The first kappa shape index (κ1) is 15.7. The van der Waals surface area contributed by atoms with Gasteiger partial charge in [-0.2, -0.15) is 0 Å². The summed E-state index contributed by atoms with van der Waals surface area (Å²) < 4.78 is 5.53. The van der Waals surface area contributed by atoms with E-state index in [9.17, 15) is 9.90 Å². The van der Waals surface area contributed by atoms with Crippen molar-refractivity contribution in [2.75, 3.05) is 6.54 Å². The van der Waals surface area contributed by atoms with Crippen LogP contribution in [0.2, 0.25) is 0 Å². The van der Waals surface area contributed by atoms with E-state index in [0.717, 1.165) is 30.4 Å². The number of phenolic OH excluding ortho intramolecular Hbond substituents is 1. The first-order chi connectivity index (χ1) is 9.81. The minimum absolute atomic E-state index is 0.0363. The lowest BCUT2D eigenvalue weighted by Crippen LogP contribution is -2.43. The molecule has 1 atom stereocenters. The number of benzene rings is 1. The fraction of sp³-hybridized carbons (Fsp3) is 0.588. The van der Waals surface area contributed by atoms with Crippen LogP contribution in [0, 0.1) is 0 Å². The Labute approximate surface area is 126 Å². The van der Waals surface area contributed by atoms with Gasteiger partial charge in [-0.05, 0) is 56.9 Å². The van der Waals surface area contributed by atoms with E-state index in [4.69, 9.17) is 4.74 Å². The standard InChI is InChI=1S/C17H25NO3/c1-5-6-15-14-8-7-13(19)11-12(14)9-10-18(15)16(20)21-17(2,3)4/h7-8,11,15,19H,5-6,9-10H2,1-4H3. The van der Waals surface area contributed by atoms with Gasteiger partial charge in [-0.3, -0.25) is 0 Å². The summed E-state index contributed by atoms with van der Waals surface area (Å²) in [5.74, 6) is 0.287. The molecule has 4 heteroatoms. The summed E-state index contributed by atoms with van der Waals surface area (Å²) in [4.78, 5) is 14.3. The Kier molecular flexibility index (Phi) is 4.45. The molecule has 1 N–H and O–H groups in total. The van der Waals surface area contributed by atoms with Crippen molar-refractivity contribution in [3.8, 4) is 5.75 Å². The molecule has 0 aliphatic carbocycles. The summed E-state index contributed by atoms with van der Waals surface area (Å²) in [6, 6.07) is 5.47. The molecule has 116 valence electrons. The molecule has 1 aromatic rings. The lowest BCUT2D eigenvalue weighted by Gasteiger charge is -2.38. The highest BCUT2D eigenvalue weighted by molar-refractivity contribution is 5.69. The zero-order chi connectivity index (χ0) is 15.6. The Morgan fingerprint density at radius 1 is 1.43 bits per heavy atom. The Bertz CT molecular complexity index is 519. The second-order valence-corrected chi connectivity index (χ2v) is 6.61. The van der Waals surface area contributed by atoms with Gasteiger partial charge in [0.1, 0.15) is 11.4 Å². The number of hydrogen-bond donors (Lipinski definition) is 1. The van der Waals surface area contributed by atoms with Gasteiger partial charge in [-0.25, -0.2) is 4.79 Å². The number of fused-ring (bicyclic) bond motifs is 1. The van der Waals surface area contributed by atoms with E-state index >= 15 is 0 Å². The van der Waals surface area contributed by atoms with Crippen LogP contribution < -0.4 is 0 Å². The Hall–Kier alpha value is -1.71. The van der Waals surface area contributed by atoms with Crippen LogP contribution in [0.1, 0.15) is 57.7 Å². The van der Waals surface area contributed by atoms with E-state index in [1.165, 1.54) is 0 Å². The molecule has 1 aliphatic rings. The van der Waals surface area contributed by atoms with E-state index in [-0.39, 0.29) is 17.9 Å². The topological polar surface area (TPSA) is 49.8 Å². The maximum atomic E-state index is 12.4. The van der Waals surface area contributed by atoms with Crippen LogP contribution in [-0.4, -0.2) is 28.2 Å². The highest BCUT2D eigenvalue weighted by Crippen LogP contribution is 2.35. The van der Waals surface area contributed by atoms with Crippen molar-refractivity contribution in [1.29, 1.82) is 0 Å². The molecule has 1 amide bonds. The first-order valence-corrected chi connectivity index (χ1v) is 7.63. The lowest BCUT2D eigenvalue weighted by atomic mass is 9.90. The van der Waals surface area contributed by atoms with Gasteiger partial charge in [0.25, 0.3) is 0 Å². The highest BCUT2D eigenvalue weighted by atomic mass is 16.6. The van der Waals surface area contributed by atoms with Gasteiger partial charge in [0.15, 0.2) is 0 Å². The quantitative estimate of drug-likeness (QED) is 0.895. The van der Waals surface area contributed by atoms with Crippen molar-refractivity contribution in [3.63, 3.8) is 0 Å². The molecule has 0 aromatic heterocycles. The fourth-order valence-electron chi connectivity index (χ4n) is 2.82. The molecule has 0 saturated heterocycles. The summed E-state index contributed by atoms with van der Waals surface area (Å²) in [6.45, 7) is 8.40. The lowest BCUT2D eigenvalue weighted by molar-refractivity contribution is 0.0131. The summed E-state index contributed by atoms with van der Waals surface area (Å²) in [5, 5.41) is 9.63. The first-order valence-electron chi connectivity index (χ1n) is 7.63. The van der Waals surface area contributed by atoms with Crippen LogP contribution in [0.25, 0.3) is 0 Å². The summed E-state index contributed by atoms with van der Waals surface area (Å²) in [7, 11) is 0. The average Bonchev–Trinajstić information content (AvgIpc) is 2.36. The molecule has 0 bridgehead atoms. The zero-order valence-electron chi connectivity index (χ0n) is 13.3. The highest BCUT2D eigenvalue weighted by Gasteiger charge is 2.33. The van der Waals surface area contributed by atoms with E-state index in [1.807, 2.05) is 37.8 Å². The molecular formula is C17H25NO3. The third-order valence-electron chi connectivity index (χ3n) is 3.67. The average molecular weight is 291 g/mol.